The van der Waals surface area contributed by atoms with Gasteiger partial charge in [-0.3, -0.25) is 0 Å². The molecule has 1 fully saturated rings. The third-order valence-corrected chi connectivity index (χ3v) is 7.20. The minimum Gasteiger partial charge on any atom is -0.385 e. The average molecular weight is 516 g/mol. The number of urea groups is 1. The number of piperidine rings is 1. The Morgan fingerprint density at radius 3 is 2.74 bits per heavy atom. The molecule has 0 saturated carbocycles. The molecule has 0 aromatic heterocycles. The van der Waals surface area contributed by atoms with Crippen molar-refractivity contribution in [2.24, 2.45) is 17.1 Å². The Bertz CT molecular complexity index is 813. The van der Waals surface area contributed by atoms with Crippen LogP contribution in [0.5, 0.6) is 0 Å². The number of halogens is 2. The van der Waals surface area contributed by atoms with Crippen LogP contribution >= 0.6 is 11.6 Å². The molecule has 4 N–H and O–H groups in total. The fourth-order valence-corrected chi connectivity index (χ4v) is 5.34. The van der Waals surface area contributed by atoms with E-state index in [0.29, 0.717) is 65.0 Å². The Morgan fingerprint density at radius 1 is 1.34 bits per heavy atom. The second-order valence-corrected chi connectivity index (χ2v) is 10.9. The normalized spacial score (nSPS) is 19.3. The molecule has 1 aliphatic rings. The largest absolute Gasteiger partial charge is 0.385 e. The molecule has 0 bridgehead atoms. The molecule has 3 atom stereocenters. The summed E-state index contributed by atoms with van der Waals surface area (Å²) in [4.78, 5) is 14.9. The van der Waals surface area contributed by atoms with E-state index >= 15 is 4.39 Å². The lowest BCUT2D eigenvalue weighted by Crippen LogP contribution is -2.54. The molecule has 0 radical (unpaired) electrons. The van der Waals surface area contributed by atoms with Crippen LogP contribution < -0.4 is 11.1 Å². The van der Waals surface area contributed by atoms with Crippen molar-refractivity contribution in [1.82, 2.24) is 10.2 Å². The minimum atomic E-state index is -1.45. The molecule has 1 saturated heterocycles. The Hall–Kier alpha value is -1.45. The Balaban J connectivity index is 2.19. The number of hydrogen-bond donors (Lipinski definition) is 3. The minimum absolute atomic E-state index is 0.0207. The molecule has 9 heteroatoms. The number of rotatable bonds is 13. The quantitative estimate of drug-likeness (QED) is 0.340. The molecular formula is C26H43ClFN3O4. The number of amides is 2. The van der Waals surface area contributed by atoms with E-state index in [1.54, 1.807) is 31.3 Å². The van der Waals surface area contributed by atoms with E-state index in [4.69, 9.17) is 26.8 Å². The summed E-state index contributed by atoms with van der Waals surface area (Å²) in [6.07, 6.45) is 3.82. The van der Waals surface area contributed by atoms with Gasteiger partial charge in [-0.05, 0) is 50.0 Å². The number of carbonyl (C=O) groups excluding carboxylic acids is 1. The van der Waals surface area contributed by atoms with E-state index in [9.17, 15) is 9.90 Å². The first kappa shape index (κ1) is 29.8. The van der Waals surface area contributed by atoms with Crippen LogP contribution in [-0.4, -0.2) is 69.1 Å². The number of unbranched alkanes of at least 4 members (excludes halogenated alkanes) is 1. The van der Waals surface area contributed by atoms with Crippen LogP contribution in [0.3, 0.4) is 0 Å². The number of carbonyl (C=O) groups is 1. The fraction of sp³-hybridized carbons (Fsp3) is 0.731. The SMILES string of the molecule is COCCCCC(O)(c1cccc(Cl)c1F)C1CCCN(C(=O)NC(CN)CC(C)(C)COC)C1. The predicted molar refractivity (Wildman–Crippen MR) is 137 cm³/mol. The highest BCUT2D eigenvalue weighted by Crippen LogP contribution is 2.42. The van der Waals surface area contributed by atoms with Crippen molar-refractivity contribution in [2.45, 2.75) is 64.0 Å². The summed E-state index contributed by atoms with van der Waals surface area (Å²) in [5, 5.41) is 15.0. The standard InChI is InChI=1S/C26H43ClFN3O4/c1-25(2,18-35-4)15-20(16-29)30-24(32)31-13-8-9-19(17-31)26(33,12-5-6-14-34-3)21-10-7-11-22(27)23(21)28/h7,10-11,19-20,33H,5-6,8-9,12-18,29H2,1-4H3,(H,30,32). The summed E-state index contributed by atoms with van der Waals surface area (Å²) < 4.78 is 25.5. The zero-order valence-corrected chi connectivity index (χ0v) is 22.4. The number of nitrogens with two attached hydrogens (primary N) is 1. The number of methoxy groups -OCH3 is 2. The molecule has 3 unspecified atom stereocenters. The average Bonchev–Trinajstić information content (AvgIpc) is 2.82. The molecule has 1 heterocycles. The van der Waals surface area contributed by atoms with Crippen LogP contribution in [0.4, 0.5) is 9.18 Å². The Kier molecular flexibility index (Phi) is 11.7. The van der Waals surface area contributed by atoms with Gasteiger partial charge in [0.1, 0.15) is 5.82 Å². The molecule has 0 spiro atoms. The number of aliphatic hydroxyl groups is 1. The molecule has 35 heavy (non-hydrogen) atoms. The summed E-state index contributed by atoms with van der Waals surface area (Å²) in [6.45, 7) is 6.47. The second kappa shape index (κ2) is 13.7. The van der Waals surface area contributed by atoms with Crippen molar-refractivity contribution in [2.75, 3.05) is 47.1 Å². The Labute approximate surface area is 214 Å². The van der Waals surface area contributed by atoms with Gasteiger partial charge in [-0.15, -0.1) is 0 Å². The fourth-order valence-electron chi connectivity index (χ4n) is 5.17. The van der Waals surface area contributed by atoms with Gasteiger partial charge in [-0.1, -0.05) is 37.6 Å². The highest BCUT2D eigenvalue weighted by atomic mass is 35.5. The van der Waals surface area contributed by atoms with Gasteiger partial charge in [-0.2, -0.15) is 0 Å². The summed E-state index contributed by atoms with van der Waals surface area (Å²) >= 11 is 6.07. The summed E-state index contributed by atoms with van der Waals surface area (Å²) in [5.41, 5.74) is 4.56. The molecular weight excluding hydrogens is 473 g/mol. The van der Waals surface area contributed by atoms with Crippen molar-refractivity contribution in [3.05, 3.63) is 34.6 Å². The third kappa shape index (κ3) is 8.29. The van der Waals surface area contributed by atoms with Gasteiger partial charge in [0.15, 0.2) is 0 Å². The third-order valence-electron chi connectivity index (χ3n) is 6.90. The van der Waals surface area contributed by atoms with Gasteiger partial charge in [0, 0.05) is 58.0 Å². The number of nitrogens with zero attached hydrogens (tertiary/aromatic N) is 1. The van der Waals surface area contributed by atoms with E-state index < -0.39 is 11.4 Å². The summed E-state index contributed by atoms with van der Waals surface area (Å²) in [7, 11) is 3.29. The maximum atomic E-state index is 15.1. The van der Waals surface area contributed by atoms with Crippen LogP contribution in [0.2, 0.25) is 5.02 Å². The van der Waals surface area contributed by atoms with Crippen molar-refractivity contribution >= 4 is 17.6 Å². The van der Waals surface area contributed by atoms with E-state index in [0.717, 1.165) is 6.42 Å². The van der Waals surface area contributed by atoms with Crippen LogP contribution in [0.15, 0.2) is 18.2 Å². The first-order valence-electron chi connectivity index (χ1n) is 12.5. The number of benzene rings is 1. The first-order chi connectivity index (χ1) is 16.6. The van der Waals surface area contributed by atoms with E-state index in [2.05, 4.69) is 19.2 Å². The maximum absolute atomic E-state index is 15.1. The van der Waals surface area contributed by atoms with Crippen LogP contribution in [-0.2, 0) is 15.1 Å². The van der Waals surface area contributed by atoms with E-state index in [1.165, 1.54) is 6.07 Å². The van der Waals surface area contributed by atoms with Crippen LogP contribution in [0.25, 0.3) is 0 Å². The predicted octanol–water partition coefficient (Wildman–Crippen LogP) is 4.30. The van der Waals surface area contributed by atoms with Crippen LogP contribution in [0, 0.1) is 17.2 Å². The molecule has 7 nitrogen and oxygen atoms in total. The summed E-state index contributed by atoms with van der Waals surface area (Å²) in [5.74, 6) is -0.938. The lowest BCUT2D eigenvalue weighted by molar-refractivity contribution is -0.0588. The highest BCUT2D eigenvalue weighted by molar-refractivity contribution is 6.30. The van der Waals surface area contributed by atoms with Crippen LogP contribution in [0.1, 0.15) is 57.9 Å². The molecule has 1 aromatic carbocycles. The van der Waals surface area contributed by atoms with Crippen molar-refractivity contribution in [3.63, 3.8) is 0 Å². The lowest BCUT2D eigenvalue weighted by Gasteiger charge is -2.43. The van der Waals surface area contributed by atoms with Gasteiger partial charge in [0.2, 0.25) is 0 Å². The zero-order valence-electron chi connectivity index (χ0n) is 21.6. The van der Waals surface area contributed by atoms with E-state index in [-0.39, 0.29) is 34.0 Å². The van der Waals surface area contributed by atoms with Gasteiger partial charge >= 0.3 is 6.03 Å². The monoisotopic (exact) mass is 515 g/mol. The number of likely N-dealkylation sites (tertiary alicyclic amines) is 1. The first-order valence-corrected chi connectivity index (χ1v) is 12.9. The molecule has 1 aromatic rings. The number of hydrogen-bond acceptors (Lipinski definition) is 5. The topological polar surface area (TPSA) is 97.1 Å². The number of nitrogens with one attached hydrogen (secondary N) is 1. The van der Waals surface area contributed by atoms with Crippen molar-refractivity contribution in [1.29, 1.82) is 0 Å². The molecule has 0 aliphatic carbocycles. The van der Waals surface area contributed by atoms with Crippen molar-refractivity contribution < 1.29 is 23.8 Å². The zero-order chi connectivity index (χ0) is 26.1. The Morgan fingerprint density at radius 2 is 2.09 bits per heavy atom. The smallest absolute Gasteiger partial charge is 0.317 e. The highest BCUT2D eigenvalue weighted by Gasteiger charge is 2.43. The second-order valence-electron chi connectivity index (χ2n) is 10.4. The molecule has 200 valence electrons. The summed E-state index contributed by atoms with van der Waals surface area (Å²) in [6, 6.07) is 4.31. The number of ether oxygens (including phenoxy) is 2. The lowest BCUT2D eigenvalue weighted by atomic mass is 9.74. The molecule has 2 rings (SSSR count). The van der Waals surface area contributed by atoms with Gasteiger partial charge in [0.05, 0.1) is 17.2 Å². The molecule has 2 amide bonds. The van der Waals surface area contributed by atoms with E-state index in [1.807, 2.05) is 0 Å². The van der Waals surface area contributed by atoms with Gasteiger partial charge < -0.3 is 30.5 Å². The molecule has 1 aliphatic heterocycles. The van der Waals surface area contributed by atoms with Gasteiger partial charge in [-0.25, -0.2) is 9.18 Å². The maximum Gasteiger partial charge on any atom is 0.317 e. The van der Waals surface area contributed by atoms with Gasteiger partial charge in [0.25, 0.3) is 0 Å². The van der Waals surface area contributed by atoms with Crippen molar-refractivity contribution in [3.8, 4) is 0 Å².